The molecular weight excluding hydrogens is 475 g/mol. The standard InChI is InChI=1S/C22H17F5N6O2/c23-10-5-14(24)18(15(25)6-10)30-20-13-9-28-22(29-11-7-16(26)19(34)17(27)8-11)31-21(13)33(32-20)12-1-3-35-4-2-12/h5-9,12,34H,1-4H2,(H,30,32)(H,28,29,31). The first-order chi connectivity index (χ1) is 16.8. The first-order valence-corrected chi connectivity index (χ1v) is 10.5. The highest BCUT2D eigenvalue weighted by Crippen LogP contribution is 2.33. The number of hydrogen-bond acceptors (Lipinski definition) is 7. The van der Waals surface area contributed by atoms with Crippen LogP contribution in [0.4, 0.5) is 45.1 Å². The van der Waals surface area contributed by atoms with Crippen LogP contribution in [0.1, 0.15) is 18.9 Å². The summed E-state index contributed by atoms with van der Waals surface area (Å²) >= 11 is 0. The second-order valence-corrected chi connectivity index (χ2v) is 7.85. The van der Waals surface area contributed by atoms with Gasteiger partial charge in [-0.15, -0.1) is 0 Å². The SMILES string of the molecule is Oc1c(F)cc(Nc2ncc3c(Nc4c(F)cc(F)cc4F)nn(C4CCOCC4)c3n2)cc1F. The summed E-state index contributed by atoms with van der Waals surface area (Å²) in [6, 6.07) is 2.66. The molecule has 0 bridgehead atoms. The number of halogens is 5. The Kier molecular flexibility index (Phi) is 5.84. The fourth-order valence-electron chi connectivity index (χ4n) is 3.81. The molecule has 8 nitrogen and oxygen atoms in total. The molecule has 0 aliphatic carbocycles. The quantitative estimate of drug-likeness (QED) is 0.265. The van der Waals surface area contributed by atoms with E-state index in [0.29, 0.717) is 43.6 Å². The Morgan fingerprint density at radius 3 is 2.23 bits per heavy atom. The molecule has 1 saturated heterocycles. The van der Waals surface area contributed by atoms with E-state index in [1.165, 1.54) is 6.20 Å². The molecule has 1 fully saturated rings. The molecule has 2 aromatic carbocycles. The van der Waals surface area contributed by atoms with Crippen molar-refractivity contribution in [2.24, 2.45) is 0 Å². The molecule has 0 atom stereocenters. The highest BCUT2D eigenvalue weighted by atomic mass is 19.2. The lowest BCUT2D eigenvalue weighted by molar-refractivity contribution is 0.0674. The number of anilines is 4. The highest BCUT2D eigenvalue weighted by Gasteiger charge is 2.24. The zero-order chi connectivity index (χ0) is 24.7. The van der Waals surface area contributed by atoms with Crippen LogP contribution >= 0.6 is 0 Å². The van der Waals surface area contributed by atoms with Gasteiger partial charge in [-0.1, -0.05) is 0 Å². The molecule has 3 N–H and O–H groups in total. The van der Waals surface area contributed by atoms with Gasteiger partial charge in [0.05, 0.1) is 11.4 Å². The molecule has 13 heteroatoms. The van der Waals surface area contributed by atoms with Crippen LogP contribution in [-0.4, -0.2) is 38.1 Å². The molecule has 4 aromatic rings. The monoisotopic (exact) mass is 492 g/mol. The van der Waals surface area contributed by atoms with Crippen molar-refractivity contribution in [1.29, 1.82) is 0 Å². The lowest BCUT2D eigenvalue weighted by Crippen LogP contribution is -2.21. The molecular formula is C22H17F5N6O2. The molecule has 182 valence electrons. The van der Waals surface area contributed by atoms with Crippen LogP contribution in [0.3, 0.4) is 0 Å². The van der Waals surface area contributed by atoms with E-state index in [2.05, 4.69) is 25.7 Å². The van der Waals surface area contributed by atoms with E-state index in [9.17, 15) is 27.1 Å². The maximum atomic E-state index is 14.2. The summed E-state index contributed by atoms with van der Waals surface area (Å²) < 4.78 is 76.2. The number of phenols is 1. The number of ether oxygens (including phenoxy) is 1. The van der Waals surface area contributed by atoms with E-state index in [-0.39, 0.29) is 29.1 Å². The third-order valence-corrected chi connectivity index (χ3v) is 5.51. The normalized spacial score (nSPS) is 14.4. The first kappa shape index (κ1) is 22.8. The van der Waals surface area contributed by atoms with Crippen LogP contribution in [0.5, 0.6) is 5.75 Å². The van der Waals surface area contributed by atoms with Gasteiger partial charge >= 0.3 is 0 Å². The number of nitrogens with one attached hydrogen (secondary N) is 2. The van der Waals surface area contributed by atoms with E-state index in [1.807, 2.05) is 0 Å². The summed E-state index contributed by atoms with van der Waals surface area (Å²) in [5.41, 5.74) is -0.371. The second kappa shape index (κ2) is 8.98. The van der Waals surface area contributed by atoms with Crippen molar-refractivity contribution in [3.63, 3.8) is 0 Å². The van der Waals surface area contributed by atoms with Gasteiger partial charge in [0.25, 0.3) is 0 Å². The molecule has 0 radical (unpaired) electrons. The van der Waals surface area contributed by atoms with Gasteiger partial charge in [0, 0.05) is 49.4 Å². The Morgan fingerprint density at radius 2 is 1.57 bits per heavy atom. The van der Waals surface area contributed by atoms with Gasteiger partial charge in [0.15, 0.2) is 40.5 Å². The zero-order valence-corrected chi connectivity index (χ0v) is 17.8. The van der Waals surface area contributed by atoms with Crippen molar-refractivity contribution in [3.05, 3.63) is 59.5 Å². The van der Waals surface area contributed by atoms with Crippen LogP contribution < -0.4 is 10.6 Å². The molecule has 1 aliphatic heterocycles. The fourth-order valence-corrected chi connectivity index (χ4v) is 3.81. The predicted molar refractivity (Wildman–Crippen MR) is 115 cm³/mol. The number of fused-ring (bicyclic) bond motifs is 1. The van der Waals surface area contributed by atoms with Crippen molar-refractivity contribution in [1.82, 2.24) is 19.7 Å². The molecule has 0 saturated carbocycles. The minimum absolute atomic E-state index is 0.0316. The zero-order valence-electron chi connectivity index (χ0n) is 17.8. The van der Waals surface area contributed by atoms with Crippen LogP contribution in [0.15, 0.2) is 30.5 Å². The van der Waals surface area contributed by atoms with Gasteiger partial charge in [-0.3, -0.25) is 0 Å². The number of phenolic OH excluding ortho intramolecular Hbond substituents is 1. The third kappa shape index (κ3) is 4.41. The van der Waals surface area contributed by atoms with Gasteiger partial charge in [0.1, 0.15) is 11.5 Å². The van der Waals surface area contributed by atoms with Gasteiger partial charge in [-0.25, -0.2) is 31.6 Å². The summed E-state index contributed by atoms with van der Waals surface area (Å²) in [4.78, 5) is 8.50. The molecule has 2 aromatic heterocycles. The molecule has 0 spiro atoms. The van der Waals surface area contributed by atoms with Crippen molar-refractivity contribution in [2.45, 2.75) is 18.9 Å². The Balaban J connectivity index is 1.56. The molecule has 5 rings (SSSR count). The van der Waals surface area contributed by atoms with Gasteiger partial charge < -0.3 is 20.5 Å². The lowest BCUT2D eigenvalue weighted by atomic mass is 10.1. The van der Waals surface area contributed by atoms with E-state index in [1.54, 1.807) is 4.68 Å². The number of nitrogens with zero attached hydrogens (tertiary/aromatic N) is 4. The van der Waals surface area contributed by atoms with Gasteiger partial charge in [0.2, 0.25) is 5.95 Å². The molecule has 3 heterocycles. The van der Waals surface area contributed by atoms with E-state index < -0.39 is 40.5 Å². The number of aromatic hydroxyl groups is 1. The van der Waals surface area contributed by atoms with Crippen LogP contribution in [0.25, 0.3) is 11.0 Å². The van der Waals surface area contributed by atoms with Crippen LogP contribution in [-0.2, 0) is 4.74 Å². The Labute approximate surface area is 194 Å². The highest BCUT2D eigenvalue weighted by molar-refractivity contribution is 5.90. The number of rotatable bonds is 5. The minimum atomic E-state index is -1.17. The van der Waals surface area contributed by atoms with Crippen molar-refractivity contribution in [3.8, 4) is 5.75 Å². The first-order valence-electron chi connectivity index (χ1n) is 10.5. The van der Waals surface area contributed by atoms with Gasteiger partial charge in [-0.2, -0.15) is 10.1 Å². The van der Waals surface area contributed by atoms with E-state index >= 15 is 0 Å². The molecule has 0 unspecified atom stereocenters. The third-order valence-electron chi connectivity index (χ3n) is 5.51. The maximum absolute atomic E-state index is 14.2. The topological polar surface area (TPSA) is 97.1 Å². The summed E-state index contributed by atoms with van der Waals surface area (Å²) in [6.45, 7) is 0.941. The second-order valence-electron chi connectivity index (χ2n) is 7.85. The van der Waals surface area contributed by atoms with Gasteiger partial charge in [-0.05, 0) is 12.8 Å². The molecule has 1 aliphatic rings. The fraction of sp³-hybridized carbons (Fsp3) is 0.227. The number of aromatic nitrogens is 4. The Bertz CT molecular complexity index is 1380. The average molecular weight is 492 g/mol. The largest absolute Gasteiger partial charge is 0.503 e. The van der Waals surface area contributed by atoms with Crippen molar-refractivity contribution in [2.75, 3.05) is 23.8 Å². The van der Waals surface area contributed by atoms with Crippen molar-refractivity contribution < 1.29 is 31.8 Å². The van der Waals surface area contributed by atoms with Crippen LogP contribution in [0.2, 0.25) is 0 Å². The Hall–Kier alpha value is -4.00. The van der Waals surface area contributed by atoms with E-state index in [4.69, 9.17) is 4.74 Å². The number of benzene rings is 2. The summed E-state index contributed by atoms with van der Waals surface area (Å²) in [6.07, 6.45) is 2.51. The Morgan fingerprint density at radius 1 is 0.914 bits per heavy atom. The lowest BCUT2D eigenvalue weighted by Gasteiger charge is -2.22. The van der Waals surface area contributed by atoms with Crippen LogP contribution in [0, 0.1) is 29.1 Å². The summed E-state index contributed by atoms with van der Waals surface area (Å²) in [5.74, 6) is -6.82. The van der Waals surface area contributed by atoms with E-state index in [0.717, 1.165) is 12.1 Å². The minimum Gasteiger partial charge on any atom is -0.503 e. The molecule has 35 heavy (non-hydrogen) atoms. The summed E-state index contributed by atoms with van der Waals surface area (Å²) in [5, 5.41) is 19.2. The number of hydrogen-bond donors (Lipinski definition) is 3. The van der Waals surface area contributed by atoms with Crippen molar-refractivity contribution >= 4 is 34.2 Å². The average Bonchev–Trinajstić information content (AvgIpc) is 3.18. The summed E-state index contributed by atoms with van der Waals surface area (Å²) in [7, 11) is 0. The molecule has 0 amide bonds. The smallest absolute Gasteiger partial charge is 0.229 e. The maximum Gasteiger partial charge on any atom is 0.229 e. The predicted octanol–water partition coefficient (Wildman–Crippen LogP) is 5.07.